The normalized spacial score (nSPS) is 14.2. The third-order valence-electron chi connectivity index (χ3n) is 1.98. The fourth-order valence-corrected chi connectivity index (χ4v) is 1.52. The van der Waals surface area contributed by atoms with Gasteiger partial charge in [0, 0.05) is 16.2 Å². The van der Waals surface area contributed by atoms with Gasteiger partial charge in [0.1, 0.15) is 6.10 Å². The standard InChI is InChI=1S/C10H11BrFNO4/c1-2-17-10(16)8(15)7(14)6-3-5(11)4-13-9(6)12/h3-4,7-8,14-15H,2H2,1H3. The van der Waals surface area contributed by atoms with Crippen LogP contribution in [0.5, 0.6) is 0 Å². The summed E-state index contributed by atoms with van der Waals surface area (Å²) in [7, 11) is 0. The quantitative estimate of drug-likeness (QED) is 0.639. The second kappa shape index (κ2) is 6.04. The number of hydrogen-bond donors (Lipinski definition) is 2. The molecule has 17 heavy (non-hydrogen) atoms. The third-order valence-corrected chi connectivity index (χ3v) is 2.41. The van der Waals surface area contributed by atoms with E-state index in [2.05, 4.69) is 25.7 Å². The number of pyridine rings is 1. The monoisotopic (exact) mass is 307 g/mol. The Bertz CT molecular complexity index is 415. The zero-order chi connectivity index (χ0) is 13.0. The summed E-state index contributed by atoms with van der Waals surface area (Å²) in [4.78, 5) is 14.5. The molecule has 0 aromatic carbocycles. The van der Waals surface area contributed by atoms with E-state index >= 15 is 0 Å². The molecule has 2 unspecified atom stereocenters. The highest BCUT2D eigenvalue weighted by molar-refractivity contribution is 9.10. The lowest BCUT2D eigenvalue weighted by atomic mass is 10.1. The molecular formula is C10H11BrFNO4. The molecule has 0 bridgehead atoms. The lowest BCUT2D eigenvalue weighted by Crippen LogP contribution is -2.30. The molecule has 1 aromatic heterocycles. The van der Waals surface area contributed by atoms with Crippen molar-refractivity contribution in [3.63, 3.8) is 0 Å². The zero-order valence-corrected chi connectivity index (χ0v) is 10.5. The Labute approximate surface area is 105 Å². The van der Waals surface area contributed by atoms with Gasteiger partial charge < -0.3 is 14.9 Å². The number of esters is 1. The van der Waals surface area contributed by atoms with E-state index in [1.54, 1.807) is 6.92 Å². The Morgan fingerprint density at radius 1 is 1.65 bits per heavy atom. The van der Waals surface area contributed by atoms with Crippen molar-refractivity contribution in [2.45, 2.75) is 19.1 Å². The van der Waals surface area contributed by atoms with Crippen LogP contribution in [0.4, 0.5) is 4.39 Å². The number of ether oxygens (including phenoxy) is 1. The van der Waals surface area contributed by atoms with Crippen LogP contribution in [0.2, 0.25) is 0 Å². The molecule has 7 heteroatoms. The number of rotatable bonds is 4. The first-order chi connectivity index (χ1) is 7.97. The first-order valence-electron chi connectivity index (χ1n) is 4.81. The Balaban J connectivity index is 2.91. The largest absolute Gasteiger partial charge is 0.464 e. The van der Waals surface area contributed by atoms with Gasteiger partial charge >= 0.3 is 5.97 Å². The van der Waals surface area contributed by atoms with Gasteiger partial charge in [0.25, 0.3) is 0 Å². The first-order valence-corrected chi connectivity index (χ1v) is 5.60. The minimum absolute atomic E-state index is 0.0574. The molecule has 0 aliphatic carbocycles. The maximum atomic E-state index is 13.3. The van der Waals surface area contributed by atoms with Crippen molar-refractivity contribution in [1.29, 1.82) is 0 Å². The molecule has 2 N–H and O–H groups in total. The molecule has 5 nitrogen and oxygen atoms in total. The molecular weight excluding hydrogens is 297 g/mol. The minimum Gasteiger partial charge on any atom is -0.464 e. The average Bonchev–Trinajstić information content (AvgIpc) is 2.30. The van der Waals surface area contributed by atoms with Crippen LogP contribution in [0.3, 0.4) is 0 Å². The van der Waals surface area contributed by atoms with E-state index in [4.69, 9.17) is 0 Å². The van der Waals surface area contributed by atoms with Crippen molar-refractivity contribution in [2.75, 3.05) is 6.61 Å². The van der Waals surface area contributed by atoms with Crippen molar-refractivity contribution in [3.8, 4) is 0 Å². The van der Waals surface area contributed by atoms with Crippen molar-refractivity contribution < 1.29 is 24.1 Å². The van der Waals surface area contributed by atoms with E-state index in [0.717, 1.165) is 0 Å². The number of aromatic nitrogens is 1. The van der Waals surface area contributed by atoms with Gasteiger partial charge in [-0.1, -0.05) is 0 Å². The average molecular weight is 308 g/mol. The van der Waals surface area contributed by atoms with Gasteiger partial charge in [-0.15, -0.1) is 0 Å². The molecule has 0 saturated heterocycles. The number of halogens is 2. The lowest BCUT2D eigenvalue weighted by molar-refractivity contribution is -0.159. The van der Waals surface area contributed by atoms with Crippen LogP contribution in [0, 0.1) is 5.95 Å². The summed E-state index contributed by atoms with van der Waals surface area (Å²) >= 11 is 3.04. The van der Waals surface area contributed by atoms with Crippen LogP contribution >= 0.6 is 15.9 Å². The first kappa shape index (κ1) is 14.0. The number of carbonyl (C=O) groups excluding carboxylic acids is 1. The molecule has 0 radical (unpaired) electrons. The second-order valence-electron chi connectivity index (χ2n) is 3.18. The fraction of sp³-hybridized carbons (Fsp3) is 0.400. The topological polar surface area (TPSA) is 79.7 Å². The van der Waals surface area contributed by atoms with Crippen molar-refractivity contribution in [3.05, 3.63) is 28.2 Å². The number of aliphatic hydroxyl groups is 2. The highest BCUT2D eigenvalue weighted by Crippen LogP contribution is 2.23. The molecule has 1 heterocycles. The van der Waals surface area contributed by atoms with Gasteiger partial charge in [0.2, 0.25) is 5.95 Å². The van der Waals surface area contributed by atoms with Crippen LogP contribution in [-0.4, -0.2) is 33.9 Å². The van der Waals surface area contributed by atoms with Gasteiger partial charge in [0.15, 0.2) is 6.10 Å². The molecule has 0 saturated carbocycles. The van der Waals surface area contributed by atoms with E-state index in [1.807, 2.05) is 0 Å². The Morgan fingerprint density at radius 3 is 2.88 bits per heavy atom. The maximum Gasteiger partial charge on any atom is 0.338 e. The van der Waals surface area contributed by atoms with Gasteiger partial charge in [-0.25, -0.2) is 9.78 Å². The summed E-state index contributed by atoms with van der Waals surface area (Å²) in [5.74, 6) is -1.97. The summed E-state index contributed by atoms with van der Waals surface area (Å²) in [5, 5.41) is 19.1. The summed E-state index contributed by atoms with van der Waals surface area (Å²) in [6.45, 7) is 1.61. The Hall–Kier alpha value is -1.05. The summed E-state index contributed by atoms with van der Waals surface area (Å²) in [5.41, 5.74) is -0.278. The number of aliphatic hydroxyl groups excluding tert-OH is 2. The molecule has 0 amide bonds. The lowest BCUT2D eigenvalue weighted by Gasteiger charge is -2.16. The summed E-state index contributed by atoms with van der Waals surface area (Å²) in [6, 6.07) is 1.23. The van der Waals surface area contributed by atoms with E-state index in [9.17, 15) is 19.4 Å². The molecule has 0 spiro atoms. The Kier molecular flexibility index (Phi) is 4.98. The molecule has 0 aliphatic heterocycles. The van der Waals surface area contributed by atoms with E-state index in [0.29, 0.717) is 4.47 Å². The van der Waals surface area contributed by atoms with Crippen molar-refractivity contribution in [1.82, 2.24) is 4.98 Å². The van der Waals surface area contributed by atoms with Gasteiger partial charge in [-0.05, 0) is 28.9 Å². The predicted molar refractivity (Wildman–Crippen MR) is 59.5 cm³/mol. The highest BCUT2D eigenvalue weighted by atomic mass is 79.9. The van der Waals surface area contributed by atoms with Crippen LogP contribution in [-0.2, 0) is 9.53 Å². The summed E-state index contributed by atoms with van der Waals surface area (Å²) < 4.78 is 18.2. The van der Waals surface area contributed by atoms with Crippen LogP contribution in [0.25, 0.3) is 0 Å². The molecule has 0 fully saturated rings. The Morgan fingerprint density at radius 2 is 2.29 bits per heavy atom. The third kappa shape index (κ3) is 3.45. The molecule has 0 aliphatic rings. The number of nitrogens with zero attached hydrogens (tertiary/aromatic N) is 1. The molecule has 1 aromatic rings. The van der Waals surface area contributed by atoms with E-state index < -0.39 is 24.1 Å². The van der Waals surface area contributed by atoms with Gasteiger partial charge in [-0.3, -0.25) is 0 Å². The highest BCUT2D eigenvalue weighted by Gasteiger charge is 2.29. The number of hydrogen-bond acceptors (Lipinski definition) is 5. The molecule has 2 atom stereocenters. The minimum atomic E-state index is -1.85. The van der Waals surface area contributed by atoms with Crippen LogP contribution in [0.15, 0.2) is 16.7 Å². The SMILES string of the molecule is CCOC(=O)C(O)C(O)c1cc(Br)cnc1F. The molecule has 94 valence electrons. The second-order valence-corrected chi connectivity index (χ2v) is 4.09. The maximum absolute atomic E-state index is 13.3. The van der Waals surface area contributed by atoms with E-state index in [-0.39, 0.29) is 12.2 Å². The molecule has 1 rings (SSSR count). The van der Waals surface area contributed by atoms with Gasteiger partial charge in [-0.2, -0.15) is 4.39 Å². The van der Waals surface area contributed by atoms with Crippen molar-refractivity contribution >= 4 is 21.9 Å². The van der Waals surface area contributed by atoms with Crippen LogP contribution < -0.4 is 0 Å². The van der Waals surface area contributed by atoms with Gasteiger partial charge in [0.05, 0.1) is 6.61 Å². The summed E-state index contributed by atoms with van der Waals surface area (Å²) in [6.07, 6.45) is -2.37. The number of carbonyl (C=O) groups is 1. The fourth-order valence-electron chi connectivity index (χ4n) is 1.17. The smallest absolute Gasteiger partial charge is 0.338 e. The van der Waals surface area contributed by atoms with Crippen molar-refractivity contribution in [2.24, 2.45) is 0 Å². The van der Waals surface area contributed by atoms with E-state index in [1.165, 1.54) is 12.3 Å². The predicted octanol–water partition coefficient (Wildman–Crippen LogP) is 0.941. The van der Waals surface area contributed by atoms with Crippen LogP contribution in [0.1, 0.15) is 18.6 Å². The zero-order valence-electron chi connectivity index (χ0n) is 8.93.